The fraction of sp³-hybridized carbons (Fsp3) is 0.571. The van der Waals surface area contributed by atoms with Gasteiger partial charge in [-0.25, -0.2) is 4.79 Å². The lowest BCUT2D eigenvalue weighted by atomic mass is 10.7. The fourth-order valence-electron chi connectivity index (χ4n) is 0.427. The zero-order valence-corrected chi connectivity index (χ0v) is 8.22. The van der Waals surface area contributed by atoms with Gasteiger partial charge in [-0.3, -0.25) is 0 Å². The molecule has 0 bridgehead atoms. The zero-order chi connectivity index (χ0) is 8.69. The van der Waals surface area contributed by atoms with Gasteiger partial charge in [-0.1, -0.05) is 13.8 Å². The summed E-state index contributed by atoms with van der Waals surface area (Å²) < 4.78 is 0. The summed E-state index contributed by atoms with van der Waals surface area (Å²) in [5, 5.41) is 8.76. The quantitative estimate of drug-likeness (QED) is 0.420. The van der Waals surface area contributed by atoms with Gasteiger partial charge >= 0.3 is 16.3 Å². The first-order valence-corrected chi connectivity index (χ1v) is 5.30. The minimum Gasteiger partial charge on any atom is -0.463 e. The maximum atomic E-state index is 10.8. The molecule has 4 heteroatoms. The predicted molar refractivity (Wildman–Crippen MR) is 50.7 cm³/mol. The molecule has 0 spiro atoms. The summed E-state index contributed by atoms with van der Waals surface area (Å²) in [6.07, 6.45) is 2.34. The van der Waals surface area contributed by atoms with Crippen LogP contribution in [-0.4, -0.2) is 21.7 Å². The van der Waals surface area contributed by atoms with Crippen LogP contribution in [0.15, 0.2) is 5.09 Å². The van der Waals surface area contributed by atoms with E-state index in [1.54, 1.807) is 0 Å². The van der Waals surface area contributed by atoms with Crippen molar-refractivity contribution in [1.82, 2.24) is 0 Å². The standard InChI is InChI=1S/C7H10O2S2/c1-3-10-6(8)5-7(9)11-4-2/h3-4H2,1-2H3/p+1. The number of aliphatic hydroxyl groups is 1. The van der Waals surface area contributed by atoms with Gasteiger partial charge < -0.3 is 5.11 Å². The third-order valence-electron chi connectivity index (χ3n) is 0.765. The Balaban J connectivity index is 3.76. The second-order valence-electron chi connectivity index (χ2n) is 1.58. The van der Waals surface area contributed by atoms with Crippen molar-refractivity contribution in [1.29, 1.82) is 0 Å². The minimum atomic E-state index is -0.203. The number of rotatable bonds is 4. The van der Waals surface area contributed by atoms with Crippen molar-refractivity contribution in [2.24, 2.45) is 0 Å². The molecule has 0 saturated heterocycles. The molecular weight excluding hydrogens is 180 g/mol. The van der Waals surface area contributed by atoms with Crippen LogP contribution in [0.25, 0.3) is 0 Å². The highest BCUT2D eigenvalue weighted by Crippen LogP contribution is 2.12. The van der Waals surface area contributed by atoms with Gasteiger partial charge in [0.25, 0.3) is 0 Å². The van der Waals surface area contributed by atoms with Gasteiger partial charge in [0.05, 0.1) is 0 Å². The molecule has 62 valence electrons. The van der Waals surface area contributed by atoms with E-state index in [1.807, 2.05) is 13.8 Å². The van der Waals surface area contributed by atoms with Crippen molar-refractivity contribution in [3.63, 3.8) is 0 Å². The van der Waals surface area contributed by atoms with Crippen LogP contribution in [0.2, 0.25) is 0 Å². The molecule has 0 aromatic rings. The van der Waals surface area contributed by atoms with Gasteiger partial charge in [0.2, 0.25) is 0 Å². The van der Waals surface area contributed by atoms with Crippen molar-refractivity contribution in [3.05, 3.63) is 11.2 Å². The number of hydrogen-bond acceptors (Lipinski definition) is 4. The summed E-state index contributed by atoms with van der Waals surface area (Å²) in [7, 11) is 0. The number of carbonyl (C=O) groups excluding carboxylic acids is 1. The molecule has 0 radical (unpaired) electrons. The lowest BCUT2D eigenvalue weighted by Crippen LogP contribution is -1.89. The van der Waals surface area contributed by atoms with Crippen LogP contribution in [0.1, 0.15) is 13.8 Å². The molecule has 0 aliphatic carbocycles. The Hall–Kier alpha value is -0.180. The van der Waals surface area contributed by atoms with Gasteiger partial charge in [-0.2, -0.15) is 0 Å². The fourth-order valence-corrected chi connectivity index (χ4v) is 1.36. The van der Waals surface area contributed by atoms with Crippen LogP contribution in [0.4, 0.5) is 0 Å². The molecule has 0 atom stereocenters. The lowest BCUT2D eigenvalue weighted by Gasteiger charge is -1.81. The first-order chi connectivity index (χ1) is 5.20. The van der Waals surface area contributed by atoms with E-state index >= 15 is 0 Å². The largest absolute Gasteiger partial charge is 0.463 e. The molecule has 0 saturated carbocycles. The minimum absolute atomic E-state index is 0.0153. The van der Waals surface area contributed by atoms with Crippen LogP contribution in [0.5, 0.6) is 0 Å². The molecule has 0 aliphatic heterocycles. The van der Waals surface area contributed by atoms with Crippen LogP contribution < -0.4 is 0 Å². The molecular formula is C7H11O2S2+. The monoisotopic (exact) mass is 191 g/mol. The maximum absolute atomic E-state index is 10.8. The SMILES string of the molecule is CCSC(=O)[C+]=C(O)SCC. The molecule has 0 aromatic carbocycles. The Kier molecular flexibility index (Phi) is 6.42. The summed E-state index contributed by atoms with van der Waals surface area (Å²) in [5.74, 6) is 1.47. The summed E-state index contributed by atoms with van der Waals surface area (Å²) >= 11 is 2.35. The first-order valence-electron chi connectivity index (χ1n) is 3.33. The van der Waals surface area contributed by atoms with E-state index in [2.05, 4.69) is 6.08 Å². The highest BCUT2D eigenvalue weighted by Gasteiger charge is 2.17. The Morgan fingerprint density at radius 1 is 1.36 bits per heavy atom. The number of aliphatic hydroxyl groups excluding tert-OH is 1. The summed E-state index contributed by atoms with van der Waals surface area (Å²) in [6.45, 7) is 3.79. The Bertz CT molecular complexity index is 155. The van der Waals surface area contributed by atoms with E-state index in [1.165, 1.54) is 11.8 Å². The van der Waals surface area contributed by atoms with Crippen molar-refractivity contribution < 1.29 is 9.90 Å². The van der Waals surface area contributed by atoms with E-state index in [0.717, 1.165) is 23.3 Å². The highest BCUT2D eigenvalue weighted by molar-refractivity contribution is 8.14. The smallest absolute Gasteiger partial charge is 0.455 e. The van der Waals surface area contributed by atoms with Crippen molar-refractivity contribution in [2.45, 2.75) is 13.8 Å². The van der Waals surface area contributed by atoms with Gasteiger partial charge in [-0.05, 0) is 23.5 Å². The molecule has 0 unspecified atom stereocenters. The van der Waals surface area contributed by atoms with Gasteiger partial charge in [0.1, 0.15) is 0 Å². The van der Waals surface area contributed by atoms with Gasteiger partial charge in [0, 0.05) is 11.5 Å². The maximum Gasteiger partial charge on any atom is 0.455 e. The van der Waals surface area contributed by atoms with Crippen LogP contribution >= 0.6 is 23.5 Å². The molecule has 0 rings (SSSR count). The second kappa shape index (κ2) is 6.53. The van der Waals surface area contributed by atoms with Gasteiger partial charge in [-0.15, -0.1) is 0 Å². The third-order valence-corrected chi connectivity index (χ3v) is 2.08. The average Bonchev–Trinajstić information content (AvgIpc) is 1.87. The Morgan fingerprint density at radius 2 is 1.91 bits per heavy atom. The van der Waals surface area contributed by atoms with E-state index in [0.29, 0.717) is 0 Å². The molecule has 1 N–H and O–H groups in total. The van der Waals surface area contributed by atoms with E-state index in [-0.39, 0.29) is 10.2 Å². The van der Waals surface area contributed by atoms with Crippen LogP contribution in [0, 0.1) is 6.08 Å². The number of thioether (sulfide) groups is 2. The van der Waals surface area contributed by atoms with Gasteiger partial charge in [0.15, 0.2) is 0 Å². The Morgan fingerprint density at radius 3 is 2.36 bits per heavy atom. The number of carbonyl (C=O) groups is 1. The van der Waals surface area contributed by atoms with Crippen molar-refractivity contribution in [2.75, 3.05) is 11.5 Å². The van der Waals surface area contributed by atoms with Crippen LogP contribution in [-0.2, 0) is 4.79 Å². The van der Waals surface area contributed by atoms with Crippen molar-refractivity contribution in [3.8, 4) is 0 Å². The molecule has 11 heavy (non-hydrogen) atoms. The summed E-state index contributed by atoms with van der Waals surface area (Å²) in [6, 6.07) is 0. The number of hydrogen-bond donors (Lipinski definition) is 1. The normalized spacial score (nSPS) is 10.9. The Labute approximate surface area is 75.4 Å². The van der Waals surface area contributed by atoms with Crippen molar-refractivity contribution >= 4 is 28.6 Å². The zero-order valence-electron chi connectivity index (χ0n) is 6.59. The van der Waals surface area contributed by atoms with Crippen LogP contribution in [0.3, 0.4) is 0 Å². The van der Waals surface area contributed by atoms with E-state index in [9.17, 15) is 4.79 Å². The topological polar surface area (TPSA) is 37.3 Å². The molecule has 0 aliphatic rings. The second-order valence-corrected chi connectivity index (χ2v) is 4.07. The average molecular weight is 191 g/mol. The first kappa shape index (κ1) is 10.8. The van der Waals surface area contributed by atoms with E-state index in [4.69, 9.17) is 5.11 Å². The highest BCUT2D eigenvalue weighted by atomic mass is 32.2. The summed E-state index contributed by atoms with van der Waals surface area (Å²) in [4.78, 5) is 10.8. The predicted octanol–water partition coefficient (Wildman–Crippen LogP) is 2.22. The molecule has 0 aromatic heterocycles. The lowest BCUT2D eigenvalue weighted by molar-refractivity contribution is -0.107. The third kappa shape index (κ3) is 6.23. The molecule has 0 heterocycles. The molecule has 2 nitrogen and oxygen atoms in total. The molecule has 0 fully saturated rings. The van der Waals surface area contributed by atoms with E-state index < -0.39 is 0 Å². The summed E-state index contributed by atoms with van der Waals surface area (Å²) in [5.41, 5.74) is 0. The molecule has 0 amide bonds.